The monoisotopic (exact) mass is 293 g/mol. The highest BCUT2D eigenvalue weighted by molar-refractivity contribution is 5.88. The first kappa shape index (κ1) is 14.7. The summed E-state index contributed by atoms with van der Waals surface area (Å²) in [7, 11) is 1.42. The molecule has 0 aliphatic rings. The molecular weight excluding hydrogens is 280 g/mol. The second-order valence-corrected chi connectivity index (χ2v) is 4.14. The summed E-state index contributed by atoms with van der Waals surface area (Å²) in [5.41, 5.74) is 0.517. The Morgan fingerprint density at radius 3 is 2.86 bits per heavy atom. The second-order valence-electron chi connectivity index (χ2n) is 4.14. The molecule has 0 bridgehead atoms. The van der Waals surface area contributed by atoms with Crippen molar-refractivity contribution in [2.45, 2.75) is 6.54 Å². The van der Waals surface area contributed by atoms with Crippen molar-refractivity contribution in [3.8, 4) is 5.75 Å². The lowest BCUT2D eigenvalue weighted by molar-refractivity contribution is 0.251. The van der Waals surface area contributed by atoms with E-state index in [1.807, 2.05) is 0 Å². The number of aromatic nitrogens is 1. The van der Waals surface area contributed by atoms with Crippen molar-refractivity contribution in [3.05, 3.63) is 53.7 Å². The molecule has 0 unspecified atom stereocenters. The molecule has 110 valence electrons. The molecule has 1 heterocycles. The summed E-state index contributed by atoms with van der Waals surface area (Å²) in [4.78, 5) is 15.3. The Labute approximate surface area is 120 Å². The summed E-state index contributed by atoms with van der Waals surface area (Å²) in [6.07, 6.45) is 1.36. The van der Waals surface area contributed by atoms with Gasteiger partial charge in [0.1, 0.15) is 11.6 Å². The van der Waals surface area contributed by atoms with E-state index in [0.29, 0.717) is 11.3 Å². The lowest BCUT2D eigenvalue weighted by Gasteiger charge is -2.09. The van der Waals surface area contributed by atoms with Crippen molar-refractivity contribution in [1.29, 1.82) is 0 Å². The number of nitrogens with zero attached hydrogens (tertiary/aromatic N) is 1. The van der Waals surface area contributed by atoms with Crippen LogP contribution in [0.5, 0.6) is 5.75 Å². The Morgan fingerprint density at radius 2 is 2.14 bits per heavy atom. The number of pyridine rings is 1. The van der Waals surface area contributed by atoms with Crippen molar-refractivity contribution < 1.29 is 18.3 Å². The smallest absolute Gasteiger partial charge is 0.320 e. The molecule has 0 radical (unpaired) electrons. The normalized spacial score (nSPS) is 10.0. The molecule has 5 nitrogen and oxygen atoms in total. The van der Waals surface area contributed by atoms with E-state index < -0.39 is 17.7 Å². The van der Waals surface area contributed by atoms with Gasteiger partial charge in [0.15, 0.2) is 11.6 Å². The van der Waals surface area contributed by atoms with Gasteiger partial charge < -0.3 is 10.1 Å². The van der Waals surface area contributed by atoms with Gasteiger partial charge in [-0.15, -0.1) is 0 Å². The van der Waals surface area contributed by atoms with Crippen molar-refractivity contribution in [3.63, 3.8) is 0 Å². The SMILES string of the molecule is COc1cc(F)cc(CNC(=O)Nc2ncccc2F)c1. The Bertz CT molecular complexity index is 650. The maximum atomic E-state index is 13.3. The predicted octanol–water partition coefficient (Wildman–Crippen LogP) is 2.69. The number of nitrogens with one attached hydrogen (secondary N) is 2. The van der Waals surface area contributed by atoms with Gasteiger partial charge >= 0.3 is 6.03 Å². The summed E-state index contributed by atoms with van der Waals surface area (Å²) in [5, 5.41) is 4.74. The molecule has 0 aliphatic heterocycles. The summed E-state index contributed by atoms with van der Waals surface area (Å²) < 4.78 is 31.5. The number of hydrogen-bond donors (Lipinski definition) is 2. The van der Waals surface area contributed by atoms with Crippen LogP contribution in [0, 0.1) is 11.6 Å². The van der Waals surface area contributed by atoms with Crippen molar-refractivity contribution in [2.24, 2.45) is 0 Å². The summed E-state index contributed by atoms with van der Waals surface area (Å²) >= 11 is 0. The third-order valence-electron chi connectivity index (χ3n) is 2.61. The highest BCUT2D eigenvalue weighted by Gasteiger charge is 2.08. The van der Waals surface area contributed by atoms with Gasteiger partial charge in [0, 0.05) is 18.8 Å². The number of anilines is 1. The van der Waals surface area contributed by atoms with Crippen molar-refractivity contribution >= 4 is 11.8 Å². The van der Waals surface area contributed by atoms with Crippen LogP contribution in [-0.2, 0) is 6.54 Å². The number of methoxy groups -OCH3 is 1. The number of benzene rings is 1. The second kappa shape index (κ2) is 6.65. The number of amides is 2. The minimum absolute atomic E-state index is 0.0639. The van der Waals surface area contributed by atoms with E-state index in [1.165, 1.54) is 37.6 Å². The molecule has 0 spiro atoms. The maximum Gasteiger partial charge on any atom is 0.320 e. The quantitative estimate of drug-likeness (QED) is 0.911. The molecule has 0 saturated carbocycles. The zero-order valence-corrected chi connectivity index (χ0v) is 11.2. The van der Waals surface area contributed by atoms with Gasteiger partial charge in [-0.2, -0.15) is 0 Å². The minimum Gasteiger partial charge on any atom is -0.497 e. The largest absolute Gasteiger partial charge is 0.497 e. The minimum atomic E-state index is -0.643. The first-order valence-corrected chi connectivity index (χ1v) is 6.07. The molecule has 21 heavy (non-hydrogen) atoms. The lowest BCUT2D eigenvalue weighted by Crippen LogP contribution is -2.29. The average molecular weight is 293 g/mol. The average Bonchev–Trinajstić information content (AvgIpc) is 2.47. The fraction of sp³-hybridized carbons (Fsp3) is 0.143. The summed E-state index contributed by atoms with van der Waals surface area (Å²) in [5.74, 6) is -0.933. The fourth-order valence-electron chi connectivity index (χ4n) is 1.65. The number of ether oxygens (including phenoxy) is 1. The van der Waals surface area contributed by atoms with Crippen LogP contribution in [-0.4, -0.2) is 18.1 Å². The van der Waals surface area contributed by atoms with E-state index in [2.05, 4.69) is 15.6 Å². The molecule has 0 saturated heterocycles. The Hall–Kier alpha value is -2.70. The summed E-state index contributed by atoms with van der Waals surface area (Å²) in [6.45, 7) is 0.0639. The maximum absolute atomic E-state index is 13.3. The fourth-order valence-corrected chi connectivity index (χ4v) is 1.65. The van der Waals surface area contributed by atoms with Gasteiger partial charge in [-0.3, -0.25) is 5.32 Å². The number of carbonyl (C=O) groups excluding carboxylic acids is 1. The molecular formula is C14H13F2N3O2. The molecule has 0 aliphatic carbocycles. The molecule has 7 heteroatoms. The Morgan fingerprint density at radius 1 is 1.33 bits per heavy atom. The molecule has 1 aromatic heterocycles. The topological polar surface area (TPSA) is 63.2 Å². The van der Waals surface area contributed by atoms with Crippen LogP contribution in [0.1, 0.15) is 5.56 Å². The van der Waals surface area contributed by atoms with Crippen molar-refractivity contribution in [2.75, 3.05) is 12.4 Å². The van der Waals surface area contributed by atoms with Crippen LogP contribution in [0.3, 0.4) is 0 Å². The van der Waals surface area contributed by atoms with Gasteiger partial charge in [0.05, 0.1) is 7.11 Å². The first-order valence-electron chi connectivity index (χ1n) is 6.07. The highest BCUT2D eigenvalue weighted by atomic mass is 19.1. The van der Waals surface area contributed by atoms with Crippen LogP contribution in [0.25, 0.3) is 0 Å². The van der Waals surface area contributed by atoms with E-state index >= 15 is 0 Å². The van der Waals surface area contributed by atoms with E-state index in [1.54, 1.807) is 6.07 Å². The predicted molar refractivity (Wildman–Crippen MR) is 73.0 cm³/mol. The zero-order valence-electron chi connectivity index (χ0n) is 11.2. The van der Waals surface area contributed by atoms with Crippen LogP contribution in [0.15, 0.2) is 36.5 Å². The van der Waals surface area contributed by atoms with Crippen LogP contribution >= 0.6 is 0 Å². The van der Waals surface area contributed by atoms with Gasteiger partial charge in [0.2, 0.25) is 0 Å². The summed E-state index contributed by atoms with van der Waals surface area (Å²) in [6, 6.07) is 6.04. The van der Waals surface area contributed by atoms with E-state index in [0.717, 1.165) is 0 Å². The van der Waals surface area contributed by atoms with Gasteiger partial charge in [0.25, 0.3) is 0 Å². The molecule has 0 atom stereocenters. The number of urea groups is 1. The highest BCUT2D eigenvalue weighted by Crippen LogP contribution is 2.15. The van der Waals surface area contributed by atoms with Crippen LogP contribution < -0.4 is 15.4 Å². The molecule has 2 amide bonds. The number of halogens is 2. The van der Waals surface area contributed by atoms with E-state index in [4.69, 9.17) is 4.74 Å². The van der Waals surface area contributed by atoms with Crippen LogP contribution in [0.2, 0.25) is 0 Å². The third kappa shape index (κ3) is 4.13. The first-order chi connectivity index (χ1) is 10.1. The molecule has 2 N–H and O–H groups in total. The molecule has 2 rings (SSSR count). The Balaban J connectivity index is 1.95. The van der Waals surface area contributed by atoms with Gasteiger partial charge in [-0.25, -0.2) is 18.6 Å². The molecule has 2 aromatic rings. The Kier molecular flexibility index (Phi) is 4.65. The van der Waals surface area contributed by atoms with Crippen molar-refractivity contribution in [1.82, 2.24) is 10.3 Å². The molecule has 0 fully saturated rings. The van der Waals surface area contributed by atoms with Gasteiger partial charge in [-0.05, 0) is 29.8 Å². The number of carbonyl (C=O) groups is 1. The van der Waals surface area contributed by atoms with Crippen LogP contribution in [0.4, 0.5) is 19.4 Å². The standard InChI is InChI=1S/C14H13F2N3O2/c1-21-11-6-9(5-10(15)7-11)8-18-14(20)19-13-12(16)3-2-4-17-13/h2-7H,8H2,1H3,(H2,17,18,19,20). The zero-order chi connectivity index (χ0) is 15.2. The lowest BCUT2D eigenvalue weighted by atomic mass is 10.2. The van der Waals surface area contributed by atoms with E-state index in [-0.39, 0.29) is 12.4 Å². The third-order valence-corrected chi connectivity index (χ3v) is 2.61. The van der Waals surface area contributed by atoms with Gasteiger partial charge in [-0.1, -0.05) is 0 Å². The molecule has 1 aromatic carbocycles. The number of rotatable bonds is 4. The van der Waals surface area contributed by atoms with E-state index in [9.17, 15) is 13.6 Å². The number of hydrogen-bond acceptors (Lipinski definition) is 3.